The van der Waals surface area contributed by atoms with Gasteiger partial charge in [0.15, 0.2) is 0 Å². The van der Waals surface area contributed by atoms with Crippen LogP contribution in [0.25, 0.3) is 10.9 Å². The van der Waals surface area contributed by atoms with E-state index < -0.39 is 0 Å². The topological polar surface area (TPSA) is 108 Å². The summed E-state index contributed by atoms with van der Waals surface area (Å²) >= 11 is 0. The van der Waals surface area contributed by atoms with Gasteiger partial charge in [0, 0.05) is 49.5 Å². The number of nitrogens with two attached hydrogens (primary N) is 1. The van der Waals surface area contributed by atoms with Crippen molar-refractivity contribution in [3.63, 3.8) is 0 Å². The number of aromatic nitrogens is 1. The van der Waals surface area contributed by atoms with Gasteiger partial charge >= 0.3 is 0 Å². The molecule has 4 rings (SSSR count). The van der Waals surface area contributed by atoms with E-state index in [9.17, 15) is 4.79 Å². The first kappa shape index (κ1) is 21.6. The molecule has 2 aromatic carbocycles. The van der Waals surface area contributed by atoms with Crippen LogP contribution < -0.4 is 16.0 Å². The molecule has 0 saturated carbocycles. The summed E-state index contributed by atoms with van der Waals surface area (Å²) in [4.78, 5) is 14.6. The average Bonchev–Trinajstić information content (AvgIpc) is 2.79. The summed E-state index contributed by atoms with van der Waals surface area (Å²) in [6, 6.07) is 16.9. The highest BCUT2D eigenvalue weighted by atomic mass is 16.5. The van der Waals surface area contributed by atoms with Gasteiger partial charge in [-0.25, -0.2) is 0 Å². The molecule has 1 saturated heterocycles. The highest BCUT2D eigenvalue weighted by Crippen LogP contribution is 2.24. The Balaban J connectivity index is 1.49. The van der Waals surface area contributed by atoms with Crippen molar-refractivity contribution in [3.8, 4) is 5.75 Å². The fourth-order valence-electron chi connectivity index (χ4n) is 4.22. The van der Waals surface area contributed by atoms with E-state index in [1.807, 2.05) is 55.5 Å². The maximum Gasteiger partial charge on any atom is 0.251 e. The molecular formula is C25H29N5O2. The SMILES string of the molecule is CC(=N)N1CCC(Oc2ccc3c(ccc(=O)n3CCc3cccc(C(=N)N)c3)c2)CC1. The minimum absolute atomic E-state index is 0.0386. The van der Waals surface area contributed by atoms with Crippen LogP contribution in [0.2, 0.25) is 0 Å². The Morgan fingerprint density at radius 2 is 1.88 bits per heavy atom. The molecule has 2 heterocycles. The van der Waals surface area contributed by atoms with Crippen LogP contribution in [0.3, 0.4) is 0 Å². The number of nitrogens with zero attached hydrogens (tertiary/aromatic N) is 2. The first-order chi connectivity index (χ1) is 15.4. The fourth-order valence-corrected chi connectivity index (χ4v) is 4.22. The minimum atomic E-state index is -0.0386. The van der Waals surface area contributed by atoms with Crippen LogP contribution in [0.1, 0.15) is 30.9 Å². The summed E-state index contributed by atoms with van der Waals surface area (Å²) in [5.41, 5.74) is 8.16. The van der Waals surface area contributed by atoms with Gasteiger partial charge in [-0.05, 0) is 49.2 Å². The Kier molecular flexibility index (Phi) is 6.25. The van der Waals surface area contributed by atoms with Gasteiger partial charge in [0.05, 0.1) is 11.4 Å². The van der Waals surface area contributed by atoms with Crippen molar-refractivity contribution in [3.05, 3.63) is 76.1 Å². The van der Waals surface area contributed by atoms with Crippen LogP contribution in [0.4, 0.5) is 0 Å². The second kappa shape index (κ2) is 9.26. The molecule has 0 aliphatic carbocycles. The molecule has 0 atom stereocenters. The zero-order valence-electron chi connectivity index (χ0n) is 18.3. The van der Waals surface area contributed by atoms with E-state index in [0.717, 1.165) is 48.1 Å². The average molecular weight is 432 g/mol. The molecule has 1 aromatic heterocycles. The van der Waals surface area contributed by atoms with E-state index in [1.165, 1.54) is 0 Å². The number of nitrogens with one attached hydrogen (secondary N) is 2. The summed E-state index contributed by atoms with van der Waals surface area (Å²) in [7, 11) is 0. The number of amidine groups is 2. The van der Waals surface area contributed by atoms with Crippen LogP contribution in [0, 0.1) is 10.8 Å². The van der Waals surface area contributed by atoms with Gasteiger partial charge in [0.25, 0.3) is 5.56 Å². The minimum Gasteiger partial charge on any atom is -0.490 e. The number of hydrogen-bond donors (Lipinski definition) is 3. The molecule has 0 spiro atoms. The number of hydrogen-bond acceptors (Lipinski definition) is 4. The van der Waals surface area contributed by atoms with Gasteiger partial charge in [0.2, 0.25) is 0 Å². The van der Waals surface area contributed by atoms with E-state index in [4.69, 9.17) is 21.3 Å². The summed E-state index contributed by atoms with van der Waals surface area (Å²) in [6.07, 6.45) is 2.60. The highest BCUT2D eigenvalue weighted by Gasteiger charge is 2.21. The van der Waals surface area contributed by atoms with Crippen LogP contribution in [-0.4, -0.2) is 40.3 Å². The lowest BCUT2D eigenvalue weighted by molar-refractivity contribution is 0.130. The predicted octanol–water partition coefficient (Wildman–Crippen LogP) is 3.37. The molecule has 0 bridgehead atoms. The fraction of sp³-hybridized carbons (Fsp3) is 0.320. The number of piperidine rings is 1. The molecule has 1 aliphatic heterocycles. The zero-order valence-corrected chi connectivity index (χ0v) is 18.3. The Hall–Kier alpha value is -3.61. The molecule has 0 amide bonds. The third-order valence-corrected chi connectivity index (χ3v) is 6.04. The summed E-state index contributed by atoms with van der Waals surface area (Å²) in [6.45, 7) is 4.05. The van der Waals surface area contributed by atoms with Gasteiger partial charge in [-0.3, -0.25) is 15.6 Å². The monoisotopic (exact) mass is 431 g/mol. The number of nitrogen functional groups attached to an aromatic ring is 1. The number of pyridine rings is 1. The standard InChI is InChI=1S/C25H29N5O2/c1-17(26)29-12-10-21(11-13-29)32-22-6-7-23-19(16-22)5-8-24(31)30(23)14-9-18-3-2-4-20(15-18)25(27)28/h2-8,15-16,21,26H,9-14H2,1H3,(H3,27,28). The molecule has 3 aromatic rings. The Morgan fingerprint density at radius 3 is 2.59 bits per heavy atom. The van der Waals surface area contributed by atoms with Gasteiger partial charge in [0.1, 0.15) is 17.7 Å². The molecule has 32 heavy (non-hydrogen) atoms. The van der Waals surface area contributed by atoms with Crippen molar-refractivity contribution in [2.45, 2.75) is 38.8 Å². The molecule has 7 nitrogen and oxygen atoms in total. The molecule has 0 unspecified atom stereocenters. The number of likely N-dealkylation sites (tertiary alicyclic amines) is 1. The van der Waals surface area contributed by atoms with Crippen molar-refractivity contribution in [2.24, 2.45) is 5.73 Å². The quantitative estimate of drug-likeness (QED) is 0.411. The molecule has 166 valence electrons. The number of aryl methyl sites for hydroxylation is 2. The summed E-state index contributed by atoms with van der Waals surface area (Å²) < 4.78 is 7.99. The van der Waals surface area contributed by atoms with Crippen molar-refractivity contribution in [2.75, 3.05) is 13.1 Å². The lowest BCUT2D eigenvalue weighted by Crippen LogP contribution is -2.40. The zero-order chi connectivity index (χ0) is 22.7. The normalized spacial score (nSPS) is 14.5. The molecule has 7 heteroatoms. The first-order valence-electron chi connectivity index (χ1n) is 10.9. The second-order valence-corrected chi connectivity index (χ2v) is 8.30. The van der Waals surface area contributed by atoms with Crippen LogP contribution >= 0.6 is 0 Å². The Morgan fingerprint density at radius 1 is 1.09 bits per heavy atom. The maximum atomic E-state index is 12.6. The van der Waals surface area contributed by atoms with Crippen molar-refractivity contribution >= 4 is 22.6 Å². The predicted molar refractivity (Wildman–Crippen MR) is 128 cm³/mol. The van der Waals surface area contributed by atoms with Crippen molar-refractivity contribution in [1.29, 1.82) is 10.8 Å². The van der Waals surface area contributed by atoms with Crippen LogP contribution in [0.15, 0.2) is 59.4 Å². The maximum absolute atomic E-state index is 12.6. The van der Waals surface area contributed by atoms with E-state index in [2.05, 4.69) is 4.90 Å². The lowest BCUT2D eigenvalue weighted by Gasteiger charge is -2.32. The van der Waals surface area contributed by atoms with E-state index in [-0.39, 0.29) is 17.5 Å². The van der Waals surface area contributed by atoms with Crippen LogP contribution in [-0.2, 0) is 13.0 Å². The molecule has 1 aliphatic rings. The van der Waals surface area contributed by atoms with Gasteiger partial charge < -0.3 is 19.9 Å². The lowest BCUT2D eigenvalue weighted by atomic mass is 10.1. The Bertz CT molecular complexity index is 1210. The van der Waals surface area contributed by atoms with Gasteiger partial charge in [-0.15, -0.1) is 0 Å². The summed E-state index contributed by atoms with van der Waals surface area (Å²) in [5, 5.41) is 16.3. The smallest absolute Gasteiger partial charge is 0.251 e. The molecular weight excluding hydrogens is 402 g/mol. The van der Waals surface area contributed by atoms with E-state index in [0.29, 0.717) is 24.4 Å². The first-order valence-corrected chi connectivity index (χ1v) is 10.9. The van der Waals surface area contributed by atoms with Crippen molar-refractivity contribution in [1.82, 2.24) is 9.47 Å². The molecule has 4 N–H and O–H groups in total. The third kappa shape index (κ3) is 4.82. The third-order valence-electron chi connectivity index (χ3n) is 6.04. The number of ether oxygens (including phenoxy) is 1. The van der Waals surface area contributed by atoms with E-state index in [1.54, 1.807) is 10.6 Å². The number of fused-ring (bicyclic) bond motifs is 1. The highest BCUT2D eigenvalue weighted by molar-refractivity contribution is 5.95. The molecule has 0 radical (unpaired) electrons. The largest absolute Gasteiger partial charge is 0.490 e. The second-order valence-electron chi connectivity index (χ2n) is 8.30. The van der Waals surface area contributed by atoms with Crippen molar-refractivity contribution < 1.29 is 4.74 Å². The van der Waals surface area contributed by atoms with Gasteiger partial charge in [-0.1, -0.05) is 18.2 Å². The van der Waals surface area contributed by atoms with Gasteiger partial charge in [-0.2, -0.15) is 0 Å². The van der Waals surface area contributed by atoms with Crippen LogP contribution in [0.5, 0.6) is 5.75 Å². The number of rotatable bonds is 6. The van der Waals surface area contributed by atoms with E-state index >= 15 is 0 Å². The Labute approximate surface area is 187 Å². The summed E-state index contributed by atoms with van der Waals surface area (Å²) in [5.74, 6) is 1.46. The molecule has 1 fully saturated rings. The number of benzene rings is 2.